The normalized spacial score (nSPS) is 61.6. The van der Waals surface area contributed by atoms with Crippen molar-refractivity contribution in [3.8, 4) is 0 Å². The summed E-state index contributed by atoms with van der Waals surface area (Å²) in [5.41, 5.74) is 17.5. The second kappa shape index (κ2) is 12.5. The van der Waals surface area contributed by atoms with Gasteiger partial charge in [-0.25, -0.2) is 0 Å². The van der Waals surface area contributed by atoms with Gasteiger partial charge >= 0.3 is 0 Å². The van der Waals surface area contributed by atoms with Crippen molar-refractivity contribution in [3.05, 3.63) is 33.4 Å². The summed E-state index contributed by atoms with van der Waals surface area (Å²) in [4.78, 5) is 0. The average Bonchev–Trinajstić information content (AvgIpc) is 3.23. The molecule has 0 aliphatic heterocycles. The van der Waals surface area contributed by atoms with Crippen molar-refractivity contribution in [1.82, 2.24) is 0 Å². The first-order valence-corrected chi connectivity index (χ1v) is 31.4. The monoisotopic (exact) mass is 883 g/mol. The van der Waals surface area contributed by atoms with E-state index in [0.29, 0.717) is 32.5 Å². The van der Waals surface area contributed by atoms with Gasteiger partial charge in [0.1, 0.15) is 0 Å². The molecule has 0 amide bonds. The lowest BCUT2D eigenvalue weighted by Crippen LogP contribution is -2.60. The first-order valence-electron chi connectivity index (χ1n) is 31.4. The lowest BCUT2D eigenvalue weighted by atomic mass is 9.36. The summed E-state index contributed by atoms with van der Waals surface area (Å²) in [5, 5.41) is 0. The van der Waals surface area contributed by atoms with Crippen LogP contribution in [0.1, 0.15) is 265 Å². The highest BCUT2D eigenvalue weighted by atomic mass is 14.7. The quantitative estimate of drug-likeness (QED) is 0.267. The fraction of sp³-hybridized carbons (Fsp3) is 0.909. The van der Waals surface area contributed by atoms with E-state index in [0.717, 1.165) is 107 Å². The Morgan fingerprint density at radius 3 is 0.288 bits per heavy atom. The van der Waals surface area contributed by atoms with Crippen LogP contribution < -0.4 is 0 Å². The van der Waals surface area contributed by atoms with E-state index in [4.69, 9.17) is 0 Å². The molecule has 24 aliphatic carbocycles. The highest BCUT2D eigenvalue weighted by Gasteiger charge is 2.68. The van der Waals surface area contributed by atoms with Crippen molar-refractivity contribution in [2.24, 2.45) is 107 Å². The molecule has 0 saturated heterocycles. The zero-order valence-electron chi connectivity index (χ0n) is 41.8. The van der Waals surface area contributed by atoms with Crippen LogP contribution in [0.5, 0.6) is 0 Å². The summed E-state index contributed by atoms with van der Waals surface area (Å²) < 4.78 is 0. The van der Waals surface area contributed by atoms with Gasteiger partial charge in [0, 0.05) is 0 Å². The molecule has 66 heavy (non-hydrogen) atoms. The van der Waals surface area contributed by atoms with Gasteiger partial charge in [0.05, 0.1) is 0 Å². The molecule has 0 heteroatoms. The molecule has 0 N–H and O–H groups in total. The maximum atomic E-state index is 2.40. The molecule has 0 atom stereocenters. The van der Waals surface area contributed by atoms with Crippen molar-refractivity contribution in [1.29, 1.82) is 0 Å². The van der Waals surface area contributed by atoms with E-state index in [2.05, 4.69) is 33.4 Å². The Kier molecular flexibility index (Phi) is 7.36. The van der Waals surface area contributed by atoms with Gasteiger partial charge in [-0.3, -0.25) is 0 Å². The standard InChI is InChI=1S/C66H90/c1-37-2-39-3-38(1)20-61(19-37,21-39)55-56(62-22-40-4-41(23-62)6-42(5-40)24-62)58(64-28-46-10-47(29-64)12-48(11-46)30-64)60(66-34-52-16-53(35-66)18-54(17-52)36-66)59(65-31-49-13-50(32-65)15-51(14-49)33-65)57(55)63-25-43-7-44(26-63)9-45(8-43)27-63/h37-54H,1-36H2. The van der Waals surface area contributed by atoms with Crippen LogP contribution >= 0.6 is 0 Å². The molecule has 24 bridgehead atoms. The minimum atomic E-state index is 0.514. The van der Waals surface area contributed by atoms with Gasteiger partial charge in [-0.05, 0) is 404 Å². The van der Waals surface area contributed by atoms with Crippen LogP contribution in [-0.2, 0) is 32.5 Å². The molecule has 0 unspecified atom stereocenters. The van der Waals surface area contributed by atoms with Gasteiger partial charge in [-0.15, -0.1) is 0 Å². The number of hydrogen-bond donors (Lipinski definition) is 0. The Balaban J connectivity index is 1.02. The lowest BCUT2D eigenvalue weighted by Gasteiger charge is -2.68. The van der Waals surface area contributed by atoms with Gasteiger partial charge in [0.15, 0.2) is 0 Å². The van der Waals surface area contributed by atoms with Crippen LogP contribution in [-0.4, -0.2) is 0 Å². The highest BCUT2D eigenvalue weighted by Crippen LogP contribution is 2.77. The molecular weight excluding hydrogens is 793 g/mol. The predicted octanol–water partition coefficient (Wildman–Crippen LogP) is 16.5. The number of hydrogen-bond acceptors (Lipinski definition) is 0. The molecule has 354 valence electrons. The van der Waals surface area contributed by atoms with Crippen molar-refractivity contribution in [2.45, 2.75) is 264 Å². The van der Waals surface area contributed by atoms with Crippen molar-refractivity contribution in [3.63, 3.8) is 0 Å². The molecule has 0 radical (unpaired) electrons. The molecule has 0 heterocycles. The first-order chi connectivity index (χ1) is 32.1. The minimum Gasteiger partial charge on any atom is -0.0475 e. The Morgan fingerprint density at radius 1 is 0.136 bits per heavy atom. The van der Waals surface area contributed by atoms with Crippen LogP contribution in [0.15, 0.2) is 0 Å². The van der Waals surface area contributed by atoms with Gasteiger partial charge in [-0.2, -0.15) is 0 Å². The Bertz CT molecular complexity index is 1650. The van der Waals surface area contributed by atoms with Crippen molar-refractivity contribution in [2.75, 3.05) is 0 Å². The van der Waals surface area contributed by atoms with Crippen molar-refractivity contribution >= 4 is 0 Å². The Morgan fingerprint density at radius 2 is 0.212 bits per heavy atom. The minimum absolute atomic E-state index is 0.514. The summed E-state index contributed by atoms with van der Waals surface area (Å²) in [7, 11) is 0. The highest BCUT2D eigenvalue weighted by molar-refractivity contribution is 5.68. The summed E-state index contributed by atoms with van der Waals surface area (Å²) in [5.74, 6) is 19.0. The second-order valence-electron chi connectivity index (χ2n) is 33.4. The van der Waals surface area contributed by atoms with Crippen LogP contribution in [0.3, 0.4) is 0 Å². The van der Waals surface area contributed by atoms with Crippen LogP contribution in [0, 0.1) is 107 Å². The topological polar surface area (TPSA) is 0 Å². The maximum absolute atomic E-state index is 2.40. The molecule has 24 aliphatic rings. The second-order valence-corrected chi connectivity index (χ2v) is 33.4. The first kappa shape index (κ1) is 38.8. The third kappa shape index (κ3) is 5.00. The van der Waals surface area contributed by atoms with Gasteiger partial charge in [-0.1, -0.05) is 0 Å². The molecule has 1 aromatic carbocycles. The zero-order chi connectivity index (χ0) is 42.3. The molecule has 25 rings (SSSR count). The van der Waals surface area contributed by atoms with Crippen molar-refractivity contribution < 1.29 is 0 Å². The fourth-order valence-corrected chi connectivity index (χ4v) is 30.4. The zero-order valence-corrected chi connectivity index (χ0v) is 41.8. The SMILES string of the molecule is C1C2CC3CC1CC(c1c(C45CC6CC(CC(C6)C4)C5)c(C45CC6CC(CC(C6)C4)C5)c(C45CC6CC(CC(C6)C4)C5)c(C45CC6CC(CC(C6)C4)C5)c1C14CC5CC(CC(C5)C1)C4)(C2)C3. The Hall–Kier alpha value is -0.780. The molecule has 0 aromatic heterocycles. The molecule has 24 saturated carbocycles. The fourth-order valence-electron chi connectivity index (χ4n) is 30.4. The van der Waals surface area contributed by atoms with E-state index in [1.807, 2.05) is 0 Å². The van der Waals surface area contributed by atoms with Crippen LogP contribution in [0.4, 0.5) is 0 Å². The summed E-state index contributed by atoms with van der Waals surface area (Å²) in [6.07, 6.45) is 59.0. The van der Waals surface area contributed by atoms with E-state index in [1.54, 1.807) is 231 Å². The van der Waals surface area contributed by atoms with Crippen LogP contribution in [0.2, 0.25) is 0 Å². The third-order valence-electron chi connectivity index (χ3n) is 28.9. The van der Waals surface area contributed by atoms with Crippen LogP contribution in [0.25, 0.3) is 0 Å². The molecule has 24 fully saturated rings. The van der Waals surface area contributed by atoms with Gasteiger partial charge in [0.25, 0.3) is 0 Å². The van der Waals surface area contributed by atoms with E-state index in [-0.39, 0.29) is 0 Å². The molecule has 0 nitrogen and oxygen atoms in total. The number of benzene rings is 1. The largest absolute Gasteiger partial charge is 0.0475 e. The predicted molar refractivity (Wildman–Crippen MR) is 266 cm³/mol. The maximum Gasteiger partial charge on any atom is -0.00330 e. The third-order valence-corrected chi connectivity index (χ3v) is 28.9. The number of rotatable bonds is 6. The van der Waals surface area contributed by atoms with E-state index in [9.17, 15) is 0 Å². The summed E-state index contributed by atoms with van der Waals surface area (Å²) >= 11 is 0. The average molecular weight is 883 g/mol. The smallest absolute Gasteiger partial charge is 0.00330 e. The summed E-state index contributed by atoms with van der Waals surface area (Å²) in [6.45, 7) is 0. The van der Waals surface area contributed by atoms with Gasteiger partial charge < -0.3 is 0 Å². The van der Waals surface area contributed by atoms with E-state index in [1.165, 1.54) is 0 Å². The lowest BCUT2D eigenvalue weighted by molar-refractivity contribution is -0.0386. The molecule has 1 aromatic rings. The van der Waals surface area contributed by atoms with Gasteiger partial charge in [0.2, 0.25) is 0 Å². The molecule has 0 spiro atoms. The summed E-state index contributed by atoms with van der Waals surface area (Å²) in [6, 6.07) is 0. The Labute approximate surface area is 401 Å². The molecular formula is C66H90. The van der Waals surface area contributed by atoms with E-state index >= 15 is 0 Å². The van der Waals surface area contributed by atoms with E-state index < -0.39 is 0 Å².